The second-order valence-electron chi connectivity index (χ2n) is 15.9. The molecule has 0 saturated carbocycles. The monoisotopic (exact) mass is 819 g/mol. The Labute approximate surface area is 349 Å². The number of allylic oxidation sites excluding steroid dienone is 4. The average molecular weight is 822 g/mol. The van der Waals surface area contributed by atoms with Gasteiger partial charge in [-0.05, 0) is 39.5 Å². The average Bonchev–Trinajstić information content (AvgIpc) is 3.83. The van der Waals surface area contributed by atoms with Crippen molar-refractivity contribution in [3.8, 4) is 22.3 Å². The number of benzene rings is 6. The van der Waals surface area contributed by atoms with Gasteiger partial charge in [0.15, 0.2) is 0 Å². The third-order valence-corrected chi connectivity index (χ3v) is 11.5. The summed E-state index contributed by atoms with van der Waals surface area (Å²) in [4.78, 5) is 0. The van der Waals surface area contributed by atoms with Crippen LogP contribution in [0.15, 0.2) is 164 Å². The van der Waals surface area contributed by atoms with Crippen molar-refractivity contribution in [1.29, 1.82) is 0 Å². The van der Waals surface area contributed by atoms with Crippen molar-refractivity contribution in [2.45, 2.75) is 58.8 Å². The van der Waals surface area contributed by atoms with Gasteiger partial charge in [-0.15, -0.1) is 28.3 Å². The van der Waals surface area contributed by atoms with Gasteiger partial charge in [-0.25, -0.2) is 0 Å². The maximum atomic E-state index is 2.48. The molecular weight excluding hydrogens is 775 g/mol. The van der Waals surface area contributed by atoms with Crippen molar-refractivity contribution in [1.82, 2.24) is 0 Å². The Hall–Kier alpha value is -4.00. The fourth-order valence-electron chi connectivity index (χ4n) is 7.60. The van der Waals surface area contributed by atoms with Crippen LogP contribution in [0.3, 0.4) is 0 Å². The molecule has 0 radical (unpaired) electrons. The molecule has 0 saturated heterocycles. The van der Waals surface area contributed by atoms with E-state index in [0.29, 0.717) is 0 Å². The molecule has 0 unspecified atom stereocenters. The summed E-state index contributed by atoms with van der Waals surface area (Å²) in [5, 5.41) is 5.44. The van der Waals surface area contributed by atoms with Crippen LogP contribution in [0, 0.1) is 0 Å². The van der Waals surface area contributed by atoms with Gasteiger partial charge in [0.2, 0.25) is 0 Å². The van der Waals surface area contributed by atoms with Crippen molar-refractivity contribution < 1.29 is 49.0 Å². The first-order valence-electron chi connectivity index (χ1n) is 18.4. The van der Waals surface area contributed by atoms with E-state index in [9.17, 15) is 0 Å². The van der Waals surface area contributed by atoms with Gasteiger partial charge in [-0.3, -0.25) is 0 Å². The Morgan fingerprint density at radius 1 is 0.574 bits per heavy atom. The molecule has 0 bridgehead atoms. The summed E-state index contributed by atoms with van der Waals surface area (Å²) in [6, 6.07) is 52.8. The molecule has 1 aliphatic carbocycles. The van der Waals surface area contributed by atoms with E-state index < -0.39 is 0 Å². The van der Waals surface area contributed by atoms with Crippen LogP contribution in [-0.2, 0) is 35.1 Å². The van der Waals surface area contributed by atoms with Gasteiger partial charge in [-0.1, -0.05) is 160 Å². The van der Waals surface area contributed by atoms with Gasteiger partial charge in [0.05, 0.1) is 0 Å². The molecule has 7 aromatic carbocycles. The van der Waals surface area contributed by atoms with Crippen molar-refractivity contribution in [2.75, 3.05) is 0 Å². The van der Waals surface area contributed by atoms with Crippen molar-refractivity contribution >= 4 is 30.3 Å². The first-order valence-corrected chi connectivity index (χ1v) is 19.7. The molecule has 7 aromatic rings. The van der Waals surface area contributed by atoms with Crippen molar-refractivity contribution in [2.24, 2.45) is 0 Å². The third-order valence-electron chi connectivity index (χ3n) is 10.1. The molecule has 0 aromatic heterocycles. The standard InChI is InChI=1S/C38H37.C13H10.2ClH.Zr/c1-37(2,3)29-21-22-30-28(23-29)24-31-32(25-19-13-14-20-25)36(38(4,5)6)34(27-17-11-8-12-18-27)33(35(30)31)26-15-9-7-10-16-26;1-3-7-12(8-4-1)11-13-9-5-2-6-10-13;;;/h7-19,21-24H,20H2,1-6H3;1-10H;2*1H;/q-1;;;;+2/p-2. The van der Waals surface area contributed by atoms with E-state index in [-0.39, 0.29) is 35.6 Å². The summed E-state index contributed by atoms with van der Waals surface area (Å²) >= 11 is 1.46. The summed E-state index contributed by atoms with van der Waals surface area (Å²) in [5.41, 5.74) is 13.7. The van der Waals surface area contributed by atoms with Gasteiger partial charge in [-0.2, -0.15) is 0 Å². The van der Waals surface area contributed by atoms with Crippen LogP contribution >= 0.6 is 0 Å². The summed E-state index contributed by atoms with van der Waals surface area (Å²) in [6.07, 6.45) is 7.83. The summed E-state index contributed by atoms with van der Waals surface area (Å²) in [6.45, 7) is 14.0. The molecule has 0 fully saturated rings. The van der Waals surface area contributed by atoms with Crippen LogP contribution in [-0.4, -0.2) is 3.21 Å². The minimum atomic E-state index is -0.0539. The van der Waals surface area contributed by atoms with E-state index in [4.69, 9.17) is 0 Å². The Bertz CT molecular complexity index is 2380. The van der Waals surface area contributed by atoms with Gasteiger partial charge in [0.25, 0.3) is 0 Å². The van der Waals surface area contributed by atoms with Gasteiger partial charge >= 0.3 is 99.2 Å². The third kappa shape index (κ3) is 8.45. The molecule has 0 nitrogen and oxygen atoms in total. The maximum absolute atomic E-state index is 2.48. The van der Waals surface area contributed by atoms with E-state index in [1.165, 1.54) is 105 Å². The zero-order valence-corrected chi connectivity index (χ0v) is 36.0. The number of fused-ring (bicyclic) bond motifs is 3. The zero-order valence-electron chi connectivity index (χ0n) is 32.1. The molecule has 1 aliphatic rings. The second-order valence-corrected chi connectivity index (χ2v) is 17.1. The summed E-state index contributed by atoms with van der Waals surface area (Å²) in [5.74, 6) is 0. The number of hydrogen-bond acceptors (Lipinski definition) is 0. The number of rotatable bonds is 5. The predicted octanol–water partition coefficient (Wildman–Crippen LogP) is 7.79. The summed E-state index contributed by atoms with van der Waals surface area (Å²) < 4.78 is 1.42. The van der Waals surface area contributed by atoms with Crippen LogP contribution in [0.2, 0.25) is 0 Å². The molecule has 0 spiro atoms. The van der Waals surface area contributed by atoms with Crippen LogP contribution in [0.4, 0.5) is 0 Å². The second kappa shape index (κ2) is 17.2. The SMILES string of the molecule is CC(C)(C)c1ccc2c(c1)[cH-]c1c(C3=CC=CC3)c(C(C)(C)C)c(-c3ccccc3)c(-c3ccccc3)c12.[Cl-].[Cl-].[Zr+2]=[C](c1ccccc1)c1ccccc1. The molecule has 3 heteroatoms. The van der Waals surface area contributed by atoms with Gasteiger partial charge in [0, 0.05) is 0 Å². The minimum absolute atomic E-state index is 0. The van der Waals surface area contributed by atoms with Gasteiger partial charge < -0.3 is 24.8 Å². The fraction of sp³-hybridized carbons (Fsp3) is 0.176. The first kappa shape index (κ1) is 41.2. The van der Waals surface area contributed by atoms with Crippen LogP contribution in [0.25, 0.3) is 49.4 Å². The number of hydrogen-bond donors (Lipinski definition) is 0. The Kier molecular flexibility index (Phi) is 13.1. The Morgan fingerprint density at radius 3 is 1.54 bits per heavy atom. The first-order chi connectivity index (χ1) is 25.0. The summed E-state index contributed by atoms with van der Waals surface area (Å²) in [7, 11) is 0. The van der Waals surface area contributed by atoms with E-state index >= 15 is 0 Å². The van der Waals surface area contributed by atoms with E-state index in [1.54, 1.807) is 0 Å². The van der Waals surface area contributed by atoms with Crippen LogP contribution in [0.1, 0.15) is 75.8 Å². The zero-order chi connectivity index (χ0) is 36.5. The molecular formula is C51H47Cl2Zr-. The van der Waals surface area contributed by atoms with Crippen LogP contribution in [0.5, 0.6) is 0 Å². The van der Waals surface area contributed by atoms with Crippen LogP contribution < -0.4 is 24.8 Å². The Balaban J connectivity index is 0.000000296. The fourth-order valence-corrected chi connectivity index (χ4v) is 8.42. The van der Waals surface area contributed by atoms with E-state index in [2.05, 4.69) is 205 Å². The topological polar surface area (TPSA) is 0 Å². The molecule has 0 amide bonds. The predicted molar refractivity (Wildman–Crippen MR) is 223 cm³/mol. The molecule has 54 heavy (non-hydrogen) atoms. The molecule has 0 aliphatic heterocycles. The van der Waals surface area contributed by atoms with Crippen molar-refractivity contribution in [3.63, 3.8) is 0 Å². The van der Waals surface area contributed by atoms with E-state index in [1.807, 2.05) is 0 Å². The molecule has 8 rings (SSSR count). The molecule has 0 N–H and O–H groups in total. The normalized spacial score (nSPS) is 12.4. The van der Waals surface area contributed by atoms with Crippen molar-refractivity contribution in [3.05, 3.63) is 192 Å². The number of halogens is 2. The molecule has 0 heterocycles. The molecule has 0 atom stereocenters. The quantitative estimate of drug-likeness (QED) is 0.156. The van der Waals surface area contributed by atoms with Gasteiger partial charge in [0.1, 0.15) is 0 Å². The Morgan fingerprint density at radius 2 is 1.07 bits per heavy atom. The molecule has 270 valence electrons. The van der Waals surface area contributed by atoms with E-state index in [0.717, 1.165) is 6.42 Å².